The molecule has 2 saturated heterocycles. The summed E-state index contributed by atoms with van der Waals surface area (Å²) >= 11 is 0. The molecule has 2 aliphatic rings. The van der Waals surface area contributed by atoms with Crippen LogP contribution in [0.1, 0.15) is 31.0 Å². The van der Waals surface area contributed by atoms with Gasteiger partial charge in [-0.05, 0) is 25.0 Å². The Morgan fingerprint density at radius 3 is 1.45 bits per heavy atom. The summed E-state index contributed by atoms with van der Waals surface area (Å²) in [5, 5.41) is 17.9. The van der Waals surface area contributed by atoms with Crippen LogP contribution in [0.5, 0.6) is 0 Å². The second-order valence-corrected chi connectivity index (χ2v) is 8.32. The smallest absolute Gasteiger partial charge is 0.0602 e. The Morgan fingerprint density at radius 1 is 0.724 bits per heavy atom. The highest BCUT2D eigenvalue weighted by molar-refractivity contribution is 5.85. The van der Waals surface area contributed by atoms with E-state index in [1.807, 2.05) is 0 Å². The zero-order chi connectivity index (χ0) is 19.9. The summed E-state index contributed by atoms with van der Waals surface area (Å²) in [7, 11) is 0. The first-order valence-electron chi connectivity index (χ1n) is 10.4. The molecule has 2 N–H and O–H groups in total. The van der Waals surface area contributed by atoms with Crippen molar-refractivity contribution in [2.45, 2.75) is 25.9 Å². The molecule has 0 aromatic heterocycles. The monoisotopic (exact) mass is 418 g/mol. The van der Waals surface area contributed by atoms with Gasteiger partial charge in [0.05, 0.1) is 6.04 Å². The molecule has 0 saturated carbocycles. The van der Waals surface area contributed by atoms with Crippen molar-refractivity contribution >= 4 is 12.4 Å². The molecule has 0 amide bonds. The van der Waals surface area contributed by atoms with Crippen LogP contribution in [0.2, 0.25) is 0 Å². The van der Waals surface area contributed by atoms with Crippen LogP contribution in [0.3, 0.4) is 0 Å². The summed E-state index contributed by atoms with van der Waals surface area (Å²) in [5.41, 5.74) is 2.65. The molecule has 160 valence electrons. The summed E-state index contributed by atoms with van der Waals surface area (Å²) in [4.78, 5) is 4.80. The van der Waals surface area contributed by atoms with Crippen LogP contribution in [-0.4, -0.2) is 65.4 Å². The number of rotatable bonds is 6. The highest BCUT2D eigenvalue weighted by Crippen LogP contribution is 2.33. The molecular formula is C24H35ClN2O2. The molecule has 29 heavy (non-hydrogen) atoms. The summed E-state index contributed by atoms with van der Waals surface area (Å²) in [5.74, 6) is 1.00. The third kappa shape index (κ3) is 6.27. The second kappa shape index (κ2) is 11.7. The molecule has 4 rings (SSSR count). The predicted octanol–water partition coefficient (Wildman–Crippen LogP) is 3.44. The van der Waals surface area contributed by atoms with Crippen molar-refractivity contribution in [1.29, 1.82) is 0 Å². The van der Waals surface area contributed by atoms with Gasteiger partial charge < -0.3 is 15.1 Å². The number of hydrogen-bond acceptors (Lipinski definition) is 4. The normalized spacial score (nSPS) is 17.9. The molecule has 0 unspecified atom stereocenters. The quantitative estimate of drug-likeness (QED) is 0.754. The van der Waals surface area contributed by atoms with Gasteiger partial charge in [-0.15, -0.1) is 12.4 Å². The third-order valence-corrected chi connectivity index (χ3v) is 5.81. The molecule has 0 aliphatic carbocycles. The lowest BCUT2D eigenvalue weighted by molar-refractivity contribution is 0.0308. The molecular weight excluding hydrogens is 384 g/mol. The van der Waals surface area contributed by atoms with Gasteiger partial charge in [0.1, 0.15) is 0 Å². The maximum Gasteiger partial charge on any atom is 0.0602 e. The van der Waals surface area contributed by atoms with Gasteiger partial charge in [0.15, 0.2) is 0 Å². The van der Waals surface area contributed by atoms with Gasteiger partial charge >= 0.3 is 0 Å². The Hall–Kier alpha value is -1.43. The number of nitrogens with zero attached hydrogens (tertiary/aromatic N) is 2. The molecule has 0 radical (unpaired) electrons. The lowest BCUT2D eigenvalue weighted by Crippen LogP contribution is -2.51. The fraction of sp³-hybridized carbons (Fsp3) is 0.500. The molecule has 5 heteroatoms. The van der Waals surface area contributed by atoms with E-state index in [1.54, 1.807) is 0 Å². The maximum absolute atomic E-state index is 9.20. The van der Waals surface area contributed by atoms with Crippen LogP contribution in [0.4, 0.5) is 0 Å². The first kappa shape index (κ1) is 23.8. The average molecular weight is 419 g/mol. The summed E-state index contributed by atoms with van der Waals surface area (Å²) < 4.78 is 0. The van der Waals surface area contributed by atoms with Crippen LogP contribution in [0.25, 0.3) is 0 Å². The number of likely N-dealkylation sites (tertiary alicyclic amines) is 2. The first-order valence-corrected chi connectivity index (χ1v) is 10.4. The summed E-state index contributed by atoms with van der Waals surface area (Å²) in [6.45, 7) is 9.18. The van der Waals surface area contributed by atoms with Crippen LogP contribution < -0.4 is 0 Å². The van der Waals surface area contributed by atoms with Gasteiger partial charge in [0.2, 0.25) is 0 Å². The van der Waals surface area contributed by atoms with Crippen molar-refractivity contribution in [3.63, 3.8) is 0 Å². The van der Waals surface area contributed by atoms with Crippen molar-refractivity contribution in [2.75, 3.05) is 39.4 Å². The van der Waals surface area contributed by atoms with Crippen molar-refractivity contribution in [3.05, 3.63) is 71.8 Å². The SMILES string of the molecule is CC(C)N1CC(CO)C1.Cl.OCC1CN(C(c2ccccc2)c2ccccc2)C1. The minimum absolute atomic E-state index is 0. The molecule has 2 fully saturated rings. The molecule has 2 aliphatic heterocycles. The van der Waals surface area contributed by atoms with E-state index in [0.29, 0.717) is 37.1 Å². The fourth-order valence-corrected chi connectivity index (χ4v) is 3.97. The Kier molecular flexibility index (Phi) is 9.60. The van der Waals surface area contributed by atoms with Crippen LogP contribution >= 0.6 is 12.4 Å². The topological polar surface area (TPSA) is 46.9 Å². The molecule has 0 bridgehead atoms. The third-order valence-electron chi connectivity index (χ3n) is 5.81. The standard InChI is InChI=1S/C17H19NO.C7H15NO.ClH/c19-13-14-11-18(12-14)17(15-7-3-1-4-8-15)16-9-5-2-6-10-16;1-6(2)8-3-7(4-8)5-9;/h1-10,14,17,19H,11-13H2;6-7,9H,3-5H2,1-2H3;1H. The molecule has 2 heterocycles. The van der Waals surface area contributed by atoms with Gasteiger partial charge in [-0.3, -0.25) is 4.90 Å². The molecule has 0 spiro atoms. The Bertz CT molecular complexity index is 647. The van der Waals surface area contributed by atoms with Crippen molar-refractivity contribution in [3.8, 4) is 0 Å². The lowest BCUT2D eigenvalue weighted by Gasteiger charge is -2.44. The van der Waals surface area contributed by atoms with Gasteiger partial charge in [-0.2, -0.15) is 0 Å². The number of halogens is 1. The van der Waals surface area contributed by atoms with E-state index >= 15 is 0 Å². The van der Waals surface area contributed by atoms with Gasteiger partial charge in [0, 0.05) is 57.3 Å². The van der Waals surface area contributed by atoms with E-state index in [4.69, 9.17) is 5.11 Å². The highest BCUT2D eigenvalue weighted by atomic mass is 35.5. The second-order valence-electron chi connectivity index (χ2n) is 8.32. The minimum Gasteiger partial charge on any atom is -0.396 e. The predicted molar refractivity (Wildman–Crippen MR) is 121 cm³/mol. The van der Waals surface area contributed by atoms with Crippen molar-refractivity contribution in [1.82, 2.24) is 9.80 Å². The first-order chi connectivity index (χ1) is 13.6. The van der Waals surface area contributed by atoms with Crippen molar-refractivity contribution < 1.29 is 10.2 Å². The zero-order valence-electron chi connectivity index (χ0n) is 17.5. The number of aliphatic hydroxyl groups excluding tert-OH is 2. The summed E-state index contributed by atoms with van der Waals surface area (Å²) in [6.07, 6.45) is 0. The highest BCUT2D eigenvalue weighted by Gasteiger charge is 2.33. The van der Waals surface area contributed by atoms with Gasteiger partial charge in [-0.1, -0.05) is 60.7 Å². The van der Waals surface area contributed by atoms with Gasteiger partial charge in [-0.25, -0.2) is 0 Å². The van der Waals surface area contributed by atoms with E-state index < -0.39 is 0 Å². The van der Waals surface area contributed by atoms with E-state index in [-0.39, 0.29) is 12.4 Å². The molecule has 0 atom stereocenters. The Labute approximate surface area is 181 Å². The van der Waals surface area contributed by atoms with E-state index in [1.165, 1.54) is 11.1 Å². The fourth-order valence-electron chi connectivity index (χ4n) is 3.97. The van der Waals surface area contributed by atoms with Crippen LogP contribution in [0.15, 0.2) is 60.7 Å². The van der Waals surface area contributed by atoms with E-state index in [9.17, 15) is 5.11 Å². The minimum atomic E-state index is 0. The maximum atomic E-state index is 9.20. The Morgan fingerprint density at radius 2 is 1.10 bits per heavy atom. The molecule has 2 aromatic rings. The van der Waals surface area contributed by atoms with E-state index in [2.05, 4.69) is 84.3 Å². The summed E-state index contributed by atoms with van der Waals surface area (Å²) in [6, 6.07) is 22.2. The largest absolute Gasteiger partial charge is 0.396 e. The number of benzene rings is 2. The van der Waals surface area contributed by atoms with Crippen molar-refractivity contribution in [2.24, 2.45) is 11.8 Å². The Balaban J connectivity index is 0.000000255. The number of hydrogen-bond donors (Lipinski definition) is 2. The number of aliphatic hydroxyl groups is 2. The molecule has 4 nitrogen and oxygen atoms in total. The lowest BCUT2D eigenvalue weighted by atomic mass is 9.91. The zero-order valence-corrected chi connectivity index (χ0v) is 18.3. The van der Waals surface area contributed by atoms with Gasteiger partial charge in [0.25, 0.3) is 0 Å². The molecule has 2 aromatic carbocycles. The van der Waals surface area contributed by atoms with Crippen LogP contribution in [0, 0.1) is 11.8 Å². The average Bonchev–Trinajstić information content (AvgIpc) is 2.65. The van der Waals surface area contributed by atoms with E-state index in [0.717, 1.165) is 26.2 Å². The van der Waals surface area contributed by atoms with Crippen LogP contribution in [-0.2, 0) is 0 Å².